The van der Waals surface area contributed by atoms with Crippen LogP contribution in [0.15, 0.2) is 48.5 Å². The first-order chi connectivity index (χ1) is 17.9. The average Bonchev–Trinajstić information content (AvgIpc) is 2.86. The van der Waals surface area contributed by atoms with Crippen LogP contribution >= 0.6 is 11.8 Å². The standard InChI is InChI=1S/C34H52O3S/c1-25(27-13-17-29(35)18-14-27)23-34(6,7)32(24-33(3,4)5)28-15-19-30(20-16-28)37-26(2)36-21-22-38-31-11-9-8-10-12-31/h13-20,25-26,31-32,35H,8-12,21-24H2,1-7H3. The van der Waals surface area contributed by atoms with Gasteiger partial charge in [-0.15, -0.1) is 0 Å². The van der Waals surface area contributed by atoms with E-state index in [1.807, 2.05) is 6.92 Å². The number of hydrogen-bond acceptors (Lipinski definition) is 4. The lowest BCUT2D eigenvalue weighted by Crippen LogP contribution is -2.28. The summed E-state index contributed by atoms with van der Waals surface area (Å²) in [5.74, 6) is 3.06. The van der Waals surface area contributed by atoms with Gasteiger partial charge in [-0.2, -0.15) is 11.8 Å². The summed E-state index contributed by atoms with van der Waals surface area (Å²) in [4.78, 5) is 0. The molecule has 0 bridgehead atoms. The number of ether oxygens (including phenoxy) is 2. The van der Waals surface area contributed by atoms with Crippen LogP contribution in [-0.2, 0) is 4.74 Å². The fourth-order valence-electron chi connectivity index (χ4n) is 5.97. The van der Waals surface area contributed by atoms with Gasteiger partial charge in [-0.25, -0.2) is 0 Å². The number of phenolic OH excluding ortho intramolecular Hbond substituents is 1. The lowest BCUT2D eigenvalue weighted by Gasteiger charge is -2.40. The van der Waals surface area contributed by atoms with Gasteiger partial charge in [-0.05, 0) is 90.7 Å². The van der Waals surface area contributed by atoms with E-state index in [1.165, 1.54) is 43.2 Å². The van der Waals surface area contributed by atoms with Crippen LogP contribution < -0.4 is 4.74 Å². The molecule has 2 aromatic carbocycles. The van der Waals surface area contributed by atoms with Crippen LogP contribution in [0.5, 0.6) is 11.5 Å². The van der Waals surface area contributed by atoms with E-state index >= 15 is 0 Å². The zero-order valence-electron chi connectivity index (χ0n) is 25.0. The molecule has 38 heavy (non-hydrogen) atoms. The monoisotopic (exact) mass is 540 g/mol. The maximum atomic E-state index is 9.70. The molecule has 0 aromatic heterocycles. The maximum absolute atomic E-state index is 9.70. The molecule has 3 rings (SSSR count). The highest BCUT2D eigenvalue weighted by Crippen LogP contribution is 2.48. The molecule has 1 aliphatic rings. The SMILES string of the molecule is CC(OCCSC1CCCCC1)Oc1ccc(C(CC(C)(C)C)C(C)(C)CC(C)c2ccc(O)cc2)cc1. The number of hydrogen-bond donors (Lipinski definition) is 1. The highest BCUT2D eigenvalue weighted by atomic mass is 32.2. The zero-order valence-corrected chi connectivity index (χ0v) is 25.8. The molecule has 1 saturated carbocycles. The first kappa shape index (κ1) is 30.9. The first-order valence-corrected chi connectivity index (χ1v) is 15.8. The van der Waals surface area contributed by atoms with Gasteiger partial charge in [0.2, 0.25) is 0 Å². The van der Waals surface area contributed by atoms with E-state index in [0.29, 0.717) is 17.6 Å². The Kier molecular flexibility index (Phi) is 11.5. The van der Waals surface area contributed by atoms with Crippen molar-refractivity contribution in [3.05, 3.63) is 59.7 Å². The summed E-state index contributed by atoms with van der Waals surface area (Å²) >= 11 is 2.07. The largest absolute Gasteiger partial charge is 0.508 e. The zero-order chi connectivity index (χ0) is 27.8. The Balaban J connectivity index is 1.59. The predicted octanol–water partition coefficient (Wildman–Crippen LogP) is 9.94. The predicted molar refractivity (Wildman–Crippen MR) is 164 cm³/mol. The second-order valence-electron chi connectivity index (χ2n) is 13.3. The summed E-state index contributed by atoms with van der Waals surface area (Å²) in [5, 5.41) is 10.5. The second kappa shape index (κ2) is 14.1. The van der Waals surface area contributed by atoms with E-state index in [-0.39, 0.29) is 17.1 Å². The lowest BCUT2D eigenvalue weighted by molar-refractivity contribution is -0.0602. The molecule has 0 heterocycles. The fourth-order valence-corrected chi connectivity index (χ4v) is 7.17. The molecular weight excluding hydrogens is 488 g/mol. The van der Waals surface area contributed by atoms with Gasteiger partial charge in [0, 0.05) is 11.0 Å². The van der Waals surface area contributed by atoms with E-state index < -0.39 is 0 Å². The van der Waals surface area contributed by atoms with Crippen LogP contribution in [0.4, 0.5) is 0 Å². The van der Waals surface area contributed by atoms with E-state index in [9.17, 15) is 5.11 Å². The Bertz CT molecular complexity index is 939. The number of rotatable bonds is 13. The highest BCUT2D eigenvalue weighted by Gasteiger charge is 2.35. The summed E-state index contributed by atoms with van der Waals surface area (Å²) in [6, 6.07) is 16.4. The van der Waals surface area contributed by atoms with Gasteiger partial charge >= 0.3 is 0 Å². The Morgan fingerprint density at radius 1 is 0.842 bits per heavy atom. The summed E-state index contributed by atoms with van der Waals surface area (Å²) in [6.07, 6.45) is 8.85. The molecule has 4 heteroatoms. The van der Waals surface area contributed by atoms with Gasteiger partial charge in [0.15, 0.2) is 6.29 Å². The normalized spacial score (nSPS) is 17.7. The summed E-state index contributed by atoms with van der Waals surface area (Å²) < 4.78 is 12.1. The third kappa shape index (κ3) is 10.2. The third-order valence-corrected chi connectivity index (χ3v) is 9.33. The number of phenols is 1. The highest BCUT2D eigenvalue weighted by molar-refractivity contribution is 7.99. The van der Waals surface area contributed by atoms with Gasteiger partial charge in [0.05, 0.1) is 6.61 Å². The summed E-state index contributed by atoms with van der Waals surface area (Å²) in [6.45, 7) is 16.9. The molecule has 3 unspecified atom stereocenters. The van der Waals surface area contributed by atoms with Crippen LogP contribution in [-0.4, -0.2) is 29.0 Å². The second-order valence-corrected chi connectivity index (χ2v) is 14.7. The van der Waals surface area contributed by atoms with Gasteiger partial charge in [-0.3, -0.25) is 0 Å². The van der Waals surface area contributed by atoms with Crippen LogP contribution in [0.1, 0.15) is 116 Å². The van der Waals surface area contributed by atoms with Crippen molar-refractivity contribution in [1.82, 2.24) is 0 Å². The van der Waals surface area contributed by atoms with E-state index in [4.69, 9.17) is 9.47 Å². The third-order valence-electron chi connectivity index (χ3n) is 7.98. The number of benzene rings is 2. The van der Waals surface area contributed by atoms with Crippen molar-refractivity contribution >= 4 is 11.8 Å². The molecule has 2 aromatic rings. The smallest absolute Gasteiger partial charge is 0.197 e. The first-order valence-electron chi connectivity index (χ1n) is 14.7. The molecule has 1 fully saturated rings. The number of aromatic hydroxyl groups is 1. The molecule has 1 aliphatic carbocycles. The molecular formula is C34H52O3S. The van der Waals surface area contributed by atoms with Crippen molar-refractivity contribution in [1.29, 1.82) is 0 Å². The van der Waals surface area contributed by atoms with Gasteiger partial charge < -0.3 is 14.6 Å². The van der Waals surface area contributed by atoms with E-state index in [0.717, 1.165) is 36.2 Å². The lowest BCUT2D eigenvalue weighted by atomic mass is 9.64. The Morgan fingerprint density at radius 3 is 2.05 bits per heavy atom. The van der Waals surface area contributed by atoms with Crippen molar-refractivity contribution in [3.8, 4) is 11.5 Å². The molecule has 0 spiro atoms. The van der Waals surface area contributed by atoms with Crippen molar-refractivity contribution < 1.29 is 14.6 Å². The summed E-state index contributed by atoms with van der Waals surface area (Å²) in [5.41, 5.74) is 2.96. The van der Waals surface area contributed by atoms with Gasteiger partial charge in [0.1, 0.15) is 11.5 Å². The quantitative estimate of drug-likeness (QED) is 0.203. The van der Waals surface area contributed by atoms with E-state index in [2.05, 4.69) is 89.7 Å². The van der Waals surface area contributed by atoms with Crippen molar-refractivity contribution in [2.75, 3.05) is 12.4 Å². The Hall–Kier alpha value is -1.65. The van der Waals surface area contributed by atoms with Crippen molar-refractivity contribution in [3.63, 3.8) is 0 Å². The Morgan fingerprint density at radius 2 is 1.45 bits per heavy atom. The maximum Gasteiger partial charge on any atom is 0.197 e. The molecule has 0 amide bonds. The molecule has 0 radical (unpaired) electrons. The van der Waals surface area contributed by atoms with Crippen LogP contribution in [0.25, 0.3) is 0 Å². The topological polar surface area (TPSA) is 38.7 Å². The minimum Gasteiger partial charge on any atom is -0.508 e. The van der Waals surface area contributed by atoms with Crippen LogP contribution in [0.3, 0.4) is 0 Å². The van der Waals surface area contributed by atoms with Crippen molar-refractivity contribution in [2.45, 2.75) is 117 Å². The van der Waals surface area contributed by atoms with Crippen molar-refractivity contribution in [2.24, 2.45) is 10.8 Å². The summed E-state index contributed by atoms with van der Waals surface area (Å²) in [7, 11) is 0. The fraction of sp³-hybridized carbons (Fsp3) is 0.647. The minimum absolute atomic E-state index is 0.0966. The molecule has 0 saturated heterocycles. The molecule has 3 nitrogen and oxygen atoms in total. The van der Waals surface area contributed by atoms with E-state index in [1.54, 1.807) is 12.1 Å². The molecule has 3 atom stereocenters. The van der Waals surface area contributed by atoms with Gasteiger partial charge in [0.25, 0.3) is 0 Å². The Labute approximate surface area is 237 Å². The number of thioether (sulfide) groups is 1. The average molecular weight is 541 g/mol. The molecule has 212 valence electrons. The van der Waals surface area contributed by atoms with Crippen LogP contribution in [0, 0.1) is 10.8 Å². The van der Waals surface area contributed by atoms with Crippen LogP contribution in [0.2, 0.25) is 0 Å². The minimum atomic E-state index is -0.249. The van der Waals surface area contributed by atoms with Gasteiger partial charge in [-0.1, -0.05) is 85.1 Å². The molecule has 1 N–H and O–H groups in total. The molecule has 0 aliphatic heterocycles.